The first-order valence-electron chi connectivity index (χ1n) is 11.8. The number of hydrogen-bond acceptors (Lipinski definition) is 8. The maximum absolute atomic E-state index is 14.5. The molecule has 0 saturated carbocycles. The van der Waals surface area contributed by atoms with Crippen molar-refractivity contribution in [2.45, 2.75) is 4.21 Å². The lowest BCUT2D eigenvalue weighted by molar-refractivity contribution is 0.585. The largest absolute Gasteiger partial charge is 0.360 e. The van der Waals surface area contributed by atoms with Crippen LogP contribution in [0.5, 0.6) is 0 Å². The molecule has 0 atom stereocenters. The number of aromatic amines is 1. The number of halogens is 5. The van der Waals surface area contributed by atoms with E-state index in [2.05, 4.69) is 30.0 Å². The van der Waals surface area contributed by atoms with E-state index in [1.54, 1.807) is 18.6 Å². The number of sulfone groups is 1. The summed E-state index contributed by atoms with van der Waals surface area (Å²) in [5.74, 6) is -0.543. The molecule has 218 valence electrons. The van der Waals surface area contributed by atoms with E-state index in [1.807, 2.05) is 24.3 Å². The van der Waals surface area contributed by atoms with Crippen molar-refractivity contribution in [1.29, 1.82) is 0 Å². The molecule has 3 aromatic heterocycles. The summed E-state index contributed by atoms with van der Waals surface area (Å²) in [5.41, 5.74) is 2.84. The molecule has 0 aliphatic carbocycles. The Bertz CT molecular complexity index is 1780. The van der Waals surface area contributed by atoms with Gasteiger partial charge < -0.3 is 9.80 Å². The Hall–Kier alpha value is -3.03. The average molecular weight is 662 g/mol. The van der Waals surface area contributed by atoms with Crippen molar-refractivity contribution < 1.29 is 17.2 Å². The van der Waals surface area contributed by atoms with Crippen molar-refractivity contribution in [3.8, 4) is 22.4 Å². The van der Waals surface area contributed by atoms with Crippen LogP contribution in [0.25, 0.3) is 33.3 Å². The summed E-state index contributed by atoms with van der Waals surface area (Å²) >= 11 is 1.29. The smallest absolute Gasteiger partial charge is 0.184 e. The summed E-state index contributed by atoms with van der Waals surface area (Å²) in [6, 6.07) is 12.7. The van der Waals surface area contributed by atoms with E-state index in [0.717, 1.165) is 33.4 Å². The summed E-state index contributed by atoms with van der Waals surface area (Å²) in [6.07, 6.45) is 4.45. The lowest BCUT2D eigenvalue weighted by Crippen LogP contribution is -2.46. The molecule has 0 radical (unpaired) electrons. The van der Waals surface area contributed by atoms with Crippen molar-refractivity contribution in [3.63, 3.8) is 0 Å². The standard InChI is InChI=1S/C26H22F2N6O2S2.3ClH/c1-38(35,36)24-7-6-23(37-24)33-8-10-34(11-9-33)26-19-12-16(2-5-22(19)29-15-30-26)20-14-31-32-25(20)18-4-3-17(27)13-21(18)28;;;/h2-7,12-15H,8-11H2,1H3,(H,31,32);3*1H. The quantitative estimate of drug-likeness (QED) is 0.246. The molecule has 1 saturated heterocycles. The van der Waals surface area contributed by atoms with E-state index in [4.69, 9.17) is 0 Å². The molecule has 0 spiro atoms. The van der Waals surface area contributed by atoms with Crippen LogP contribution in [0.15, 0.2) is 65.3 Å². The Morgan fingerprint density at radius 3 is 2.29 bits per heavy atom. The Morgan fingerprint density at radius 2 is 1.61 bits per heavy atom. The number of H-pyrrole nitrogens is 1. The second-order valence-electron chi connectivity index (χ2n) is 9.04. The normalized spacial score (nSPS) is 13.3. The Morgan fingerprint density at radius 1 is 0.878 bits per heavy atom. The highest BCUT2D eigenvalue weighted by atomic mass is 35.5. The van der Waals surface area contributed by atoms with Crippen molar-refractivity contribution in [3.05, 3.63) is 72.7 Å². The monoisotopic (exact) mass is 660 g/mol. The molecule has 1 N–H and O–H groups in total. The summed E-state index contributed by atoms with van der Waals surface area (Å²) in [5, 5.41) is 8.81. The van der Waals surface area contributed by atoms with Crippen LogP contribution in [0.4, 0.5) is 19.6 Å². The second kappa shape index (κ2) is 12.9. The third-order valence-electron chi connectivity index (χ3n) is 6.58. The molecule has 6 rings (SSSR count). The minimum atomic E-state index is -3.23. The van der Waals surface area contributed by atoms with Crippen LogP contribution in [-0.4, -0.2) is 61.0 Å². The van der Waals surface area contributed by atoms with E-state index in [0.29, 0.717) is 41.6 Å². The minimum absolute atomic E-state index is 0. The molecule has 1 fully saturated rings. The molecule has 0 bridgehead atoms. The van der Waals surface area contributed by atoms with Crippen molar-refractivity contribution in [2.24, 2.45) is 0 Å². The number of fused-ring (bicyclic) bond motifs is 1. The zero-order valence-corrected chi connectivity index (χ0v) is 25.5. The van der Waals surface area contributed by atoms with Gasteiger partial charge in [0.2, 0.25) is 0 Å². The number of benzene rings is 2. The average Bonchev–Trinajstić information content (AvgIpc) is 3.59. The van der Waals surface area contributed by atoms with Gasteiger partial charge in [-0.15, -0.1) is 48.6 Å². The number of nitrogens with one attached hydrogen (secondary N) is 1. The highest BCUT2D eigenvalue weighted by Crippen LogP contribution is 2.36. The first-order chi connectivity index (χ1) is 18.3. The third-order valence-corrected chi connectivity index (χ3v) is 9.54. The molecule has 1 aliphatic rings. The van der Waals surface area contributed by atoms with E-state index < -0.39 is 21.5 Å². The van der Waals surface area contributed by atoms with Crippen LogP contribution >= 0.6 is 48.6 Å². The number of nitrogens with zero attached hydrogens (tertiary/aromatic N) is 5. The second-order valence-corrected chi connectivity index (χ2v) is 12.3. The predicted molar refractivity (Wildman–Crippen MR) is 166 cm³/mol. The zero-order chi connectivity index (χ0) is 26.4. The van der Waals surface area contributed by atoms with Crippen molar-refractivity contribution in [2.75, 3.05) is 42.2 Å². The number of aromatic nitrogens is 4. The fourth-order valence-electron chi connectivity index (χ4n) is 4.68. The number of anilines is 2. The SMILES string of the molecule is CS(=O)(=O)c1ccc(N2CCN(c3ncnc4ccc(-c5c[nH]nc5-c5ccc(F)cc5F)cc34)CC2)s1.Cl.Cl.Cl. The van der Waals surface area contributed by atoms with Crippen LogP contribution in [0.1, 0.15) is 0 Å². The van der Waals surface area contributed by atoms with Crippen LogP contribution in [0.3, 0.4) is 0 Å². The predicted octanol–water partition coefficient (Wildman–Crippen LogP) is 6.02. The van der Waals surface area contributed by atoms with Gasteiger partial charge in [0.1, 0.15) is 33.7 Å². The lowest BCUT2D eigenvalue weighted by Gasteiger charge is -2.36. The van der Waals surface area contributed by atoms with Gasteiger partial charge in [-0.2, -0.15) is 5.10 Å². The Labute approximate surface area is 258 Å². The van der Waals surface area contributed by atoms with Gasteiger partial charge in [-0.1, -0.05) is 6.07 Å². The molecule has 0 unspecified atom stereocenters. The van der Waals surface area contributed by atoms with E-state index >= 15 is 0 Å². The number of hydrogen-bond donors (Lipinski definition) is 1. The van der Waals surface area contributed by atoms with Gasteiger partial charge in [0.05, 0.1) is 10.5 Å². The van der Waals surface area contributed by atoms with E-state index in [-0.39, 0.29) is 42.8 Å². The summed E-state index contributed by atoms with van der Waals surface area (Å²) < 4.78 is 52.1. The lowest BCUT2D eigenvalue weighted by atomic mass is 10.00. The van der Waals surface area contributed by atoms with Gasteiger partial charge in [0, 0.05) is 61.2 Å². The maximum Gasteiger partial charge on any atom is 0.184 e. The molecular formula is C26H25Cl3F2N6O2S2. The van der Waals surface area contributed by atoms with Gasteiger partial charge in [-0.05, 0) is 42.0 Å². The molecular weight excluding hydrogens is 637 g/mol. The van der Waals surface area contributed by atoms with Crippen molar-refractivity contribution in [1.82, 2.24) is 20.2 Å². The molecule has 41 heavy (non-hydrogen) atoms. The molecule has 4 heterocycles. The molecule has 15 heteroatoms. The zero-order valence-electron chi connectivity index (χ0n) is 21.5. The van der Waals surface area contributed by atoms with Crippen LogP contribution in [-0.2, 0) is 9.84 Å². The van der Waals surface area contributed by atoms with E-state index in [9.17, 15) is 17.2 Å². The molecule has 8 nitrogen and oxygen atoms in total. The maximum atomic E-state index is 14.5. The molecule has 1 aliphatic heterocycles. The Kier molecular flexibility index (Phi) is 10.2. The minimum Gasteiger partial charge on any atom is -0.360 e. The first kappa shape index (κ1) is 32.5. The van der Waals surface area contributed by atoms with Gasteiger partial charge in [0.25, 0.3) is 0 Å². The van der Waals surface area contributed by atoms with Gasteiger partial charge >= 0.3 is 0 Å². The summed E-state index contributed by atoms with van der Waals surface area (Å²) in [7, 11) is -3.23. The number of thiophene rings is 1. The van der Waals surface area contributed by atoms with Crippen LogP contribution in [0, 0.1) is 11.6 Å². The fourth-order valence-corrected chi connectivity index (χ4v) is 6.64. The summed E-state index contributed by atoms with van der Waals surface area (Å²) in [6.45, 7) is 2.82. The van der Waals surface area contributed by atoms with Crippen LogP contribution in [0.2, 0.25) is 0 Å². The van der Waals surface area contributed by atoms with Gasteiger partial charge in [0.15, 0.2) is 9.84 Å². The highest BCUT2D eigenvalue weighted by molar-refractivity contribution is 7.92. The number of piperazine rings is 1. The fraction of sp³-hybridized carbons (Fsp3) is 0.192. The third kappa shape index (κ3) is 6.41. The first-order valence-corrected chi connectivity index (χ1v) is 14.5. The van der Waals surface area contributed by atoms with Crippen molar-refractivity contribution >= 4 is 80.1 Å². The van der Waals surface area contributed by atoms with Gasteiger partial charge in [-0.3, -0.25) is 5.10 Å². The molecule has 2 aromatic carbocycles. The topological polar surface area (TPSA) is 95.1 Å². The van der Waals surface area contributed by atoms with Gasteiger partial charge in [-0.25, -0.2) is 27.2 Å². The Balaban J connectivity index is 0.00000154. The highest BCUT2D eigenvalue weighted by Gasteiger charge is 2.23. The van der Waals surface area contributed by atoms with E-state index in [1.165, 1.54) is 29.7 Å². The summed E-state index contributed by atoms with van der Waals surface area (Å²) in [4.78, 5) is 13.4. The van der Waals surface area contributed by atoms with Crippen LogP contribution < -0.4 is 9.80 Å². The number of rotatable bonds is 5. The molecule has 5 aromatic rings. The molecule has 0 amide bonds.